The van der Waals surface area contributed by atoms with Crippen molar-refractivity contribution in [3.63, 3.8) is 0 Å². The van der Waals surface area contributed by atoms with Crippen LogP contribution >= 0.6 is 11.8 Å². The Morgan fingerprint density at radius 2 is 1.33 bits per heavy atom. The first-order valence-corrected chi connectivity index (χ1v) is 12.8. The molecule has 172 valence electrons. The Morgan fingerprint density at radius 3 is 1.82 bits per heavy atom. The van der Waals surface area contributed by atoms with Crippen LogP contribution < -0.4 is 0 Å². The molecule has 33 heavy (non-hydrogen) atoms. The molecule has 4 atom stereocenters. The molecule has 3 unspecified atom stereocenters. The lowest BCUT2D eigenvalue weighted by atomic mass is 9.71. The number of fused-ring (bicyclic) bond motifs is 2. The highest BCUT2D eigenvalue weighted by Gasteiger charge is 2.53. The number of hydrogen-bond donors (Lipinski definition) is 1. The summed E-state index contributed by atoms with van der Waals surface area (Å²) < 4.78 is -0.382. The molecule has 1 N–H and O–H groups in total. The Morgan fingerprint density at radius 1 is 0.848 bits per heavy atom. The van der Waals surface area contributed by atoms with Crippen LogP contribution in [0.15, 0.2) is 91.0 Å². The summed E-state index contributed by atoms with van der Waals surface area (Å²) in [5.41, 5.74) is 2.50. The molecule has 0 amide bonds. The molecule has 4 heteroatoms. The van der Waals surface area contributed by atoms with Crippen LogP contribution in [0.3, 0.4) is 0 Å². The Labute approximate surface area is 201 Å². The van der Waals surface area contributed by atoms with Gasteiger partial charge in [0.05, 0.1) is 10.3 Å². The third-order valence-electron chi connectivity index (χ3n) is 7.53. The topological polar surface area (TPSA) is 38.7 Å². The SMILES string of the molecule is CC1(O)CCC2CC1OO[C@]2(C)CSC(c1ccccc1)(c1ccccc1)c1ccccc1. The van der Waals surface area contributed by atoms with Crippen molar-refractivity contribution >= 4 is 11.8 Å². The molecule has 1 aliphatic heterocycles. The molecule has 0 aromatic heterocycles. The van der Waals surface area contributed by atoms with Crippen molar-refractivity contribution in [1.82, 2.24) is 0 Å². The van der Waals surface area contributed by atoms with Crippen molar-refractivity contribution in [2.75, 3.05) is 5.75 Å². The quantitative estimate of drug-likeness (QED) is 0.344. The second kappa shape index (κ2) is 8.92. The molecule has 5 rings (SSSR count). The highest BCUT2D eigenvalue weighted by Crippen LogP contribution is 2.53. The summed E-state index contributed by atoms with van der Waals surface area (Å²) in [6, 6.07) is 32.3. The predicted molar refractivity (Wildman–Crippen MR) is 134 cm³/mol. The fourth-order valence-electron chi connectivity index (χ4n) is 5.35. The highest BCUT2D eigenvalue weighted by atomic mass is 32.2. The highest BCUT2D eigenvalue weighted by molar-refractivity contribution is 8.00. The van der Waals surface area contributed by atoms with Gasteiger partial charge >= 0.3 is 0 Å². The number of thioether (sulfide) groups is 1. The lowest BCUT2D eigenvalue weighted by Crippen LogP contribution is -2.57. The first kappa shape index (κ1) is 22.7. The van der Waals surface area contributed by atoms with E-state index in [0.717, 1.165) is 25.0 Å². The standard InChI is InChI=1S/C29H32O3S/c1-27(30)19-18-25-20-26(27)31-32-28(25,2)21-33-29(22-12-6-3-7-13-22,23-14-8-4-9-15-23)24-16-10-5-11-17-24/h3-17,25-26,30H,18-21H2,1-2H3/t25?,26?,27?,28-/m1/s1. The fraction of sp³-hybridized carbons (Fsp3) is 0.379. The van der Waals surface area contributed by atoms with Crippen LogP contribution in [0, 0.1) is 5.92 Å². The summed E-state index contributed by atoms with van der Waals surface area (Å²) in [6.45, 7) is 4.03. The van der Waals surface area contributed by atoms with Gasteiger partial charge in [-0.25, -0.2) is 9.78 Å². The van der Waals surface area contributed by atoms with Gasteiger partial charge in [-0.1, -0.05) is 91.0 Å². The van der Waals surface area contributed by atoms with Crippen LogP contribution in [0.25, 0.3) is 0 Å². The van der Waals surface area contributed by atoms with Gasteiger partial charge in [0.25, 0.3) is 0 Å². The zero-order valence-corrected chi connectivity index (χ0v) is 20.1. The van der Waals surface area contributed by atoms with E-state index >= 15 is 0 Å². The van der Waals surface area contributed by atoms with E-state index in [0.29, 0.717) is 5.92 Å². The Balaban J connectivity index is 1.55. The minimum Gasteiger partial charge on any atom is -0.387 e. The van der Waals surface area contributed by atoms with E-state index in [9.17, 15) is 5.11 Å². The van der Waals surface area contributed by atoms with Crippen molar-refractivity contribution in [3.05, 3.63) is 108 Å². The summed E-state index contributed by atoms with van der Waals surface area (Å²) in [7, 11) is 0. The Kier molecular flexibility index (Phi) is 6.13. The Hall–Kier alpha value is -2.11. The second-order valence-corrected chi connectivity index (χ2v) is 11.1. The van der Waals surface area contributed by atoms with Gasteiger partial charge in [-0.2, -0.15) is 0 Å². The molecule has 2 aliphatic rings. The smallest absolute Gasteiger partial charge is 0.122 e. The van der Waals surface area contributed by atoms with Gasteiger partial charge in [0, 0.05) is 5.75 Å². The lowest BCUT2D eigenvalue weighted by Gasteiger charge is -2.51. The molecule has 0 spiro atoms. The first-order chi connectivity index (χ1) is 15.9. The average Bonchev–Trinajstić information content (AvgIpc) is 2.86. The molecule has 1 heterocycles. The van der Waals surface area contributed by atoms with Crippen LogP contribution in [0.2, 0.25) is 0 Å². The van der Waals surface area contributed by atoms with Crippen LogP contribution in [0.4, 0.5) is 0 Å². The molecule has 1 saturated heterocycles. The van der Waals surface area contributed by atoms with Gasteiger partial charge in [0.1, 0.15) is 11.7 Å². The van der Waals surface area contributed by atoms with Gasteiger partial charge in [-0.15, -0.1) is 11.8 Å². The maximum absolute atomic E-state index is 10.7. The molecular formula is C29H32O3S. The van der Waals surface area contributed by atoms with Crippen molar-refractivity contribution in [1.29, 1.82) is 0 Å². The van der Waals surface area contributed by atoms with Crippen LogP contribution in [0.1, 0.15) is 49.8 Å². The van der Waals surface area contributed by atoms with E-state index < -0.39 is 11.2 Å². The minimum atomic E-state index is -0.813. The molecule has 3 nitrogen and oxygen atoms in total. The van der Waals surface area contributed by atoms with E-state index in [1.54, 1.807) is 0 Å². The van der Waals surface area contributed by atoms with Crippen LogP contribution in [0.5, 0.6) is 0 Å². The summed E-state index contributed by atoms with van der Waals surface area (Å²) >= 11 is 1.91. The molecule has 3 aromatic carbocycles. The van der Waals surface area contributed by atoms with Gasteiger partial charge in [-0.3, -0.25) is 0 Å². The van der Waals surface area contributed by atoms with Crippen molar-refractivity contribution < 1.29 is 14.9 Å². The Bertz CT molecular complexity index is 957. The van der Waals surface area contributed by atoms with Crippen molar-refractivity contribution in [2.45, 2.75) is 55.2 Å². The van der Waals surface area contributed by atoms with E-state index in [-0.39, 0.29) is 10.9 Å². The lowest BCUT2D eigenvalue weighted by molar-refractivity contribution is -0.441. The molecule has 0 radical (unpaired) electrons. The number of rotatable bonds is 6. The summed E-state index contributed by atoms with van der Waals surface area (Å²) in [5, 5.41) is 10.7. The monoisotopic (exact) mass is 460 g/mol. The van der Waals surface area contributed by atoms with E-state index in [2.05, 4.69) is 97.9 Å². The number of hydrogen-bond acceptors (Lipinski definition) is 4. The van der Waals surface area contributed by atoms with Gasteiger partial charge in [-0.05, 0) is 55.7 Å². The molecular weight excluding hydrogens is 428 g/mol. The first-order valence-electron chi connectivity index (χ1n) is 11.8. The van der Waals surface area contributed by atoms with Gasteiger partial charge < -0.3 is 5.11 Å². The predicted octanol–water partition coefficient (Wildman–Crippen LogP) is 6.35. The molecule has 1 saturated carbocycles. The minimum absolute atomic E-state index is 0.253. The maximum Gasteiger partial charge on any atom is 0.122 e. The second-order valence-electron chi connectivity index (χ2n) is 9.88. The van der Waals surface area contributed by atoms with E-state index in [1.807, 2.05) is 18.7 Å². The number of aliphatic hydroxyl groups is 1. The number of benzene rings is 3. The summed E-state index contributed by atoms with van der Waals surface area (Å²) in [4.78, 5) is 11.9. The van der Waals surface area contributed by atoms with Gasteiger partial charge in [0.2, 0.25) is 0 Å². The fourth-order valence-corrected chi connectivity index (χ4v) is 7.05. The average molecular weight is 461 g/mol. The maximum atomic E-state index is 10.7. The molecule has 2 fully saturated rings. The molecule has 3 aromatic rings. The van der Waals surface area contributed by atoms with Crippen molar-refractivity contribution in [3.8, 4) is 0 Å². The zero-order chi connectivity index (χ0) is 22.9. The zero-order valence-electron chi connectivity index (χ0n) is 19.3. The van der Waals surface area contributed by atoms with Gasteiger partial charge in [0.15, 0.2) is 0 Å². The molecule has 1 aliphatic carbocycles. The van der Waals surface area contributed by atoms with Crippen LogP contribution in [-0.4, -0.2) is 28.2 Å². The van der Waals surface area contributed by atoms with Crippen LogP contribution in [-0.2, 0) is 14.5 Å². The third kappa shape index (κ3) is 4.15. The normalized spacial score (nSPS) is 29.5. The summed E-state index contributed by atoms with van der Waals surface area (Å²) in [6.07, 6.45) is 2.27. The largest absolute Gasteiger partial charge is 0.387 e. The summed E-state index contributed by atoms with van der Waals surface area (Å²) in [5.74, 6) is 1.12. The van der Waals surface area contributed by atoms with E-state index in [1.165, 1.54) is 16.7 Å². The van der Waals surface area contributed by atoms with Crippen molar-refractivity contribution in [2.24, 2.45) is 5.92 Å². The third-order valence-corrected chi connectivity index (χ3v) is 9.38. The molecule has 2 bridgehead atoms. The van der Waals surface area contributed by atoms with E-state index in [4.69, 9.17) is 9.78 Å².